The van der Waals surface area contributed by atoms with Gasteiger partial charge in [-0.2, -0.15) is 0 Å². The molecule has 2 aliphatic heterocycles. The quantitative estimate of drug-likeness (QED) is 0.352. The first-order chi connectivity index (χ1) is 19.7. The number of rotatable bonds is 9. The molecule has 0 aliphatic carbocycles. The second-order valence-electron chi connectivity index (χ2n) is 10.6. The number of nitrogens with one attached hydrogen (secondary N) is 2. The molecule has 0 unspecified atom stereocenters. The summed E-state index contributed by atoms with van der Waals surface area (Å²) in [6.07, 6.45) is 5.08. The summed E-state index contributed by atoms with van der Waals surface area (Å²) in [5, 5.41) is 16.9. The molecule has 3 aromatic rings. The molecule has 0 saturated carbocycles. The number of pyridine rings is 2. The standard InChI is InChI=1S/C30H35ClN6O4/c1-18(29(39)35-26(17-38)20-6-9-32-28(13-20)36(2)3)37-16-21-5-4-19(12-24(21)30(37)40)23-14-27(33-15-25(23)31)34-22-7-10-41-11-8-22/h4-6,9,12-15,18,22,26,38H,7-8,10-11,16-17H2,1-3H3,(H,33,34)(H,35,39)/t18-,26-/m1/s1. The second-order valence-corrected chi connectivity index (χ2v) is 11.1. The van der Waals surface area contributed by atoms with Crippen LogP contribution >= 0.6 is 11.6 Å². The maximum Gasteiger partial charge on any atom is 0.255 e. The molecule has 1 saturated heterocycles. The molecule has 1 fully saturated rings. The number of carbonyl (C=O) groups is 2. The van der Waals surface area contributed by atoms with E-state index < -0.39 is 12.1 Å². The molecule has 2 aromatic heterocycles. The van der Waals surface area contributed by atoms with Gasteiger partial charge >= 0.3 is 0 Å². The molecule has 1 aromatic carbocycles. The number of halogens is 1. The first-order valence-electron chi connectivity index (χ1n) is 13.7. The van der Waals surface area contributed by atoms with Gasteiger partial charge in [-0.15, -0.1) is 0 Å². The molecule has 2 aliphatic rings. The first kappa shape index (κ1) is 28.8. The van der Waals surface area contributed by atoms with Crippen molar-refractivity contribution in [3.05, 3.63) is 70.5 Å². The van der Waals surface area contributed by atoms with Crippen LogP contribution < -0.4 is 15.5 Å². The van der Waals surface area contributed by atoms with Gasteiger partial charge in [0.15, 0.2) is 0 Å². The van der Waals surface area contributed by atoms with Gasteiger partial charge in [-0.05, 0) is 60.7 Å². The predicted molar refractivity (Wildman–Crippen MR) is 158 cm³/mol. The van der Waals surface area contributed by atoms with Crippen molar-refractivity contribution in [1.29, 1.82) is 0 Å². The molecule has 2 amide bonds. The Kier molecular flexibility index (Phi) is 8.72. The largest absolute Gasteiger partial charge is 0.394 e. The number of amides is 2. The van der Waals surface area contributed by atoms with Crippen LogP contribution in [0.1, 0.15) is 47.3 Å². The van der Waals surface area contributed by atoms with E-state index in [0.717, 1.165) is 54.1 Å². The molecular weight excluding hydrogens is 544 g/mol. The molecule has 10 nitrogen and oxygen atoms in total. The normalized spacial score (nSPS) is 16.7. The molecule has 2 atom stereocenters. The fourth-order valence-electron chi connectivity index (χ4n) is 5.16. The molecule has 11 heteroatoms. The molecule has 0 radical (unpaired) electrons. The van der Waals surface area contributed by atoms with E-state index in [2.05, 4.69) is 20.6 Å². The third-order valence-electron chi connectivity index (χ3n) is 7.66. The van der Waals surface area contributed by atoms with Gasteiger partial charge in [-0.25, -0.2) is 9.97 Å². The Bertz CT molecular complexity index is 1430. The smallest absolute Gasteiger partial charge is 0.255 e. The zero-order valence-corrected chi connectivity index (χ0v) is 24.2. The minimum absolute atomic E-state index is 0.227. The molecule has 5 rings (SSSR count). The summed E-state index contributed by atoms with van der Waals surface area (Å²) in [4.78, 5) is 38.9. The summed E-state index contributed by atoms with van der Waals surface area (Å²) < 4.78 is 5.44. The number of hydrogen-bond donors (Lipinski definition) is 3. The van der Waals surface area contributed by atoms with Crippen molar-refractivity contribution in [2.45, 2.75) is 44.4 Å². The highest BCUT2D eigenvalue weighted by Gasteiger charge is 2.35. The number of hydrogen-bond acceptors (Lipinski definition) is 8. The van der Waals surface area contributed by atoms with Crippen molar-refractivity contribution in [1.82, 2.24) is 20.2 Å². The van der Waals surface area contributed by atoms with Crippen molar-refractivity contribution in [3.63, 3.8) is 0 Å². The van der Waals surface area contributed by atoms with Crippen molar-refractivity contribution < 1.29 is 19.4 Å². The van der Waals surface area contributed by atoms with Crippen molar-refractivity contribution in [3.8, 4) is 11.1 Å². The number of carbonyl (C=O) groups excluding carboxylic acids is 2. The minimum atomic E-state index is -0.748. The van der Waals surface area contributed by atoms with Gasteiger partial charge in [0.25, 0.3) is 5.91 Å². The molecule has 216 valence electrons. The molecule has 4 heterocycles. The number of benzene rings is 1. The average molecular weight is 579 g/mol. The second kappa shape index (κ2) is 12.4. The van der Waals surface area contributed by atoms with Gasteiger partial charge in [-0.1, -0.05) is 23.7 Å². The topological polar surface area (TPSA) is 120 Å². The lowest BCUT2D eigenvalue weighted by Gasteiger charge is -2.26. The summed E-state index contributed by atoms with van der Waals surface area (Å²) >= 11 is 6.54. The van der Waals surface area contributed by atoms with Crippen LogP contribution in [0.4, 0.5) is 11.6 Å². The number of aromatic nitrogens is 2. The van der Waals surface area contributed by atoms with Crippen LogP contribution in [0, 0.1) is 0 Å². The van der Waals surface area contributed by atoms with Gasteiger partial charge in [-0.3, -0.25) is 9.59 Å². The van der Waals surface area contributed by atoms with E-state index in [4.69, 9.17) is 16.3 Å². The third-order valence-corrected chi connectivity index (χ3v) is 7.96. The van der Waals surface area contributed by atoms with E-state index in [-0.39, 0.29) is 24.5 Å². The van der Waals surface area contributed by atoms with Crippen LogP contribution in [0.5, 0.6) is 0 Å². The Labute approximate surface area is 244 Å². The van der Waals surface area contributed by atoms with Gasteiger partial charge in [0, 0.05) is 63.4 Å². The van der Waals surface area contributed by atoms with Crippen molar-refractivity contribution >= 4 is 35.1 Å². The zero-order chi connectivity index (χ0) is 29.1. The molecule has 0 bridgehead atoms. The fourth-order valence-corrected chi connectivity index (χ4v) is 5.37. The Morgan fingerprint density at radius 1 is 1.17 bits per heavy atom. The van der Waals surface area contributed by atoms with E-state index in [1.165, 1.54) is 0 Å². The molecular formula is C30H35ClN6O4. The summed E-state index contributed by atoms with van der Waals surface area (Å²) in [5.41, 5.74) is 3.68. The lowest BCUT2D eigenvalue weighted by Crippen LogP contribution is -2.46. The summed E-state index contributed by atoms with van der Waals surface area (Å²) in [6.45, 7) is 3.16. The maximum atomic E-state index is 13.5. The van der Waals surface area contributed by atoms with Gasteiger partial charge in [0.05, 0.1) is 17.7 Å². The Morgan fingerprint density at radius 3 is 2.68 bits per heavy atom. The monoisotopic (exact) mass is 578 g/mol. The highest BCUT2D eigenvalue weighted by Crippen LogP contribution is 2.34. The summed E-state index contributed by atoms with van der Waals surface area (Å²) in [7, 11) is 3.74. The highest BCUT2D eigenvalue weighted by molar-refractivity contribution is 6.33. The van der Waals surface area contributed by atoms with E-state index in [9.17, 15) is 14.7 Å². The van der Waals surface area contributed by atoms with Gasteiger partial charge < -0.3 is 30.3 Å². The summed E-state index contributed by atoms with van der Waals surface area (Å²) in [5.74, 6) is 0.856. The van der Waals surface area contributed by atoms with Crippen molar-refractivity contribution in [2.75, 3.05) is 44.1 Å². The van der Waals surface area contributed by atoms with E-state index in [1.54, 1.807) is 30.3 Å². The lowest BCUT2D eigenvalue weighted by atomic mass is 10.0. The van der Waals surface area contributed by atoms with Crippen LogP contribution in [-0.2, 0) is 16.1 Å². The number of aliphatic hydroxyl groups excluding tert-OH is 1. The molecule has 3 N–H and O–H groups in total. The SMILES string of the molecule is C[C@H](C(=O)N[C@H](CO)c1ccnc(N(C)C)c1)N1Cc2ccc(-c3cc(NC4CCOCC4)ncc3Cl)cc2C1=O. The highest BCUT2D eigenvalue weighted by atomic mass is 35.5. The molecule has 41 heavy (non-hydrogen) atoms. The Morgan fingerprint density at radius 2 is 1.95 bits per heavy atom. The molecule has 0 spiro atoms. The van der Waals surface area contributed by atoms with E-state index in [1.807, 2.05) is 49.3 Å². The van der Waals surface area contributed by atoms with Crippen molar-refractivity contribution in [2.24, 2.45) is 0 Å². The van der Waals surface area contributed by atoms with Crippen LogP contribution in [0.3, 0.4) is 0 Å². The van der Waals surface area contributed by atoms with E-state index >= 15 is 0 Å². The fraction of sp³-hybridized carbons (Fsp3) is 0.400. The lowest BCUT2D eigenvalue weighted by molar-refractivity contribution is -0.126. The predicted octanol–water partition coefficient (Wildman–Crippen LogP) is 3.65. The zero-order valence-electron chi connectivity index (χ0n) is 23.4. The Balaban J connectivity index is 1.30. The van der Waals surface area contributed by atoms with Crippen LogP contribution in [-0.4, -0.2) is 77.8 Å². The van der Waals surface area contributed by atoms with Gasteiger partial charge in [0.2, 0.25) is 5.91 Å². The number of nitrogens with zero attached hydrogens (tertiary/aromatic N) is 4. The van der Waals surface area contributed by atoms with Crippen LogP contribution in [0.2, 0.25) is 5.02 Å². The minimum Gasteiger partial charge on any atom is -0.394 e. The number of anilines is 2. The number of aliphatic hydroxyl groups is 1. The first-order valence-corrected chi connectivity index (χ1v) is 14.1. The average Bonchev–Trinajstić information content (AvgIpc) is 3.32. The van der Waals surface area contributed by atoms with Crippen LogP contribution in [0.25, 0.3) is 11.1 Å². The van der Waals surface area contributed by atoms with Gasteiger partial charge in [0.1, 0.15) is 17.7 Å². The summed E-state index contributed by atoms with van der Waals surface area (Å²) in [6, 6.07) is 10.1. The van der Waals surface area contributed by atoms with E-state index in [0.29, 0.717) is 22.9 Å². The number of ether oxygens (including phenoxy) is 1. The maximum absolute atomic E-state index is 13.5. The third kappa shape index (κ3) is 6.29. The number of fused-ring (bicyclic) bond motifs is 1. The Hall–Kier alpha value is -3.73. The van der Waals surface area contributed by atoms with Crippen LogP contribution in [0.15, 0.2) is 48.8 Å².